The Morgan fingerprint density at radius 2 is 2.16 bits per heavy atom. The molecule has 1 fully saturated rings. The zero-order chi connectivity index (χ0) is 13.5. The Balaban J connectivity index is 1.72. The summed E-state index contributed by atoms with van der Waals surface area (Å²) < 4.78 is 0. The van der Waals surface area contributed by atoms with Gasteiger partial charge in [-0.3, -0.25) is 14.6 Å². The van der Waals surface area contributed by atoms with Crippen LogP contribution in [0.1, 0.15) is 5.56 Å². The summed E-state index contributed by atoms with van der Waals surface area (Å²) in [4.78, 5) is 29.2. The number of carbonyl (C=O) groups excluding carboxylic acids is 2. The summed E-state index contributed by atoms with van der Waals surface area (Å²) in [7, 11) is 0. The molecule has 0 saturated carbocycles. The first-order valence-corrected chi connectivity index (χ1v) is 6.40. The number of rotatable bonds is 4. The zero-order valence-electron chi connectivity index (χ0n) is 10.8. The summed E-state index contributed by atoms with van der Waals surface area (Å²) in [5.74, 6) is -0.183. The van der Waals surface area contributed by atoms with Crippen LogP contribution in [0, 0.1) is 0 Å². The molecule has 2 N–H and O–H groups in total. The molecule has 2 heterocycles. The Labute approximate surface area is 112 Å². The number of amides is 2. The molecular formula is C13H18N4O2. The largest absolute Gasteiger partial charge is 0.347 e. The third-order valence-electron chi connectivity index (χ3n) is 2.99. The van der Waals surface area contributed by atoms with Gasteiger partial charge in [0.2, 0.25) is 11.8 Å². The number of piperazine rings is 1. The minimum absolute atomic E-state index is 0.0268. The average molecular weight is 262 g/mol. The molecule has 19 heavy (non-hydrogen) atoms. The van der Waals surface area contributed by atoms with Gasteiger partial charge in [-0.2, -0.15) is 0 Å². The van der Waals surface area contributed by atoms with Crippen LogP contribution in [0.15, 0.2) is 24.5 Å². The molecule has 1 aromatic rings. The van der Waals surface area contributed by atoms with Crippen molar-refractivity contribution in [3.63, 3.8) is 0 Å². The van der Waals surface area contributed by atoms with Crippen LogP contribution in [0.5, 0.6) is 0 Å². The highest BCUT2D eigenvalue weighted by Gasteiger charge is 2.16. The zero-order valence-corrected chi connectivity index (χ0v) is 10.8. The van der Waals surface area contributed by atoms with Gasteiger partial charge in [0.05, 0.1) is 13.0 Å². The number of nitrogens with zero attached hydrogens (tertiary/aromatic N) is 2. The fourth-order valence-electron chi connectivity index (χ4n) is 1.95. The van der Waals surface area contributed by atoms with E-state index in [9.17, 15) is 9.59 Å². The highest BCUT2D eigenvalue weighted by atomic mass is 16.2. The molecular weight excluding hydrogens is 244 g/mol. The van der Waals surface area contributed by atoms with Gasteiger partial charge in [0.1, 0.15) is 0 Å². The van der Waals surface area contributed by atoms with Crippen molar-refractivity contribution < 1.29 is 9.59 Å². The van der Waals surface area contributed by atoms with E-state index in [0.717, 1.165) is 18.7 Å². The molecule has 1 aliphatic rings. The van der Waals surface area contributed by atoms with Gasteiger partial charge in [0, 0.05) is 38.6 Å². The summed E-state index contributed by atoms with van der Waals surface area (Å²) in [5.41, 5.74) is 0.842. The van der Waals surface area contributed by atoms with Crippen molar-refractivity contribution in [1.82, 2.24) is 20.5 Å². The van der Waals surface area contributed by atoms with E-state index in [-0.39, 0.29) is 24.8 Å². The maximum Gasteiger partial charge on any atom is 0.242 e. The smallest absolute Gasteiger partial charge is 0.242 e. The normalized spacial score (nSPS) is 15.1. The highest BCUT2D eigenvalue weighted by Crippen LogP contribution is 1.97. The van der Waals surface area contributed by atoms with Crippen molar-refractivity contribution in [2.45, 2.75) is 6.42 Å². The Kier molecular flexibility index (Phi) is 4.85. The van der Waals surface area contributed by atoms with Gasteiger partial charge in [-0.05, 0) is 11.6 Å². The van der Waals surface area contributed by atoms with Crippen LogP contribution >= 0.6 is 0 Å². The van der Waals surface area contributed by atoms with Crippen LogP contribution in [-0.4, -0.2) is 54.4 Å². The van der Waals surface area contributed by atoms with E-state index in [2.05, 4.69) is 15.6 Å². The van der Waals surface area contributed by atoms with Gasteiger partial charge >= 0.3 is 0 Å². The van der Waals surface area contributed by atoms with Crippen molar-refractivity contribution in [2.24, 2.45) is 0 Å². The Morgan fingerprint density at radius 1 is 1.37 bits per heavy atom. The number of hydrogen-bond acceptors (Lipinski definition) is 4. The first kappa shape index (κ1) is 13.5. The van der Waals surface area contributed by atoms with Crippen LogP contribution in [0.2, 0.25) is 0 Å². The van der Waals surface area contributed by atoms with Crippen molar-refractivity contribution in [1.29, 1.82) is 0 Å². The predicted molar refractivity (Wildman–Crippen MR) is 70.4 cm³/mol. The Hall–Kier alpha value is -1.95. The molecule has 1 saturated heterocycles. The molecule has 6 nitrogen and oxygen atoms in total. The monoisotopic (exact) mass is 262 g/mol. The number of pyridine rings is 1. The van der Waals surface area contributed by atoms with Crippen LogP contribution in [0.4, 0.5) is 0 Å². The summed E-state index contributed by atoms with van der Waals surface area (Å²) in [6, 6.07) is 3.62. The number of hydrogen-bond donors (Lipinski definition) is 2. The quantitative estimate of drug-likeness (QED) is 0.743. The third kappa shape index (κ3) is 4.33. The first-order chi connectivity index (χ1) is 9.25. The summed E-state index contributed by atoms with van der Waals surface area (Å²) in [6.45, 7) is 3.11. The van der Waals surface area contributed by atoms with Crippen molar-refractivity contribution in [3.05, 3.63) is 30.1 Å². The number of nitrogens with one attached hydrogen (secondary N) is 2. The van der Waals surface area contributed by atoms with Crippen molar-refractivity contribution in [2.75, 3.05) is 32.7 Å². The molecule has 2 amide bonds. The van der Waals surface area contributed by atoms with E-state index < -0.39 is 0 Å². The second-order valence-corrected chi connectivity index (χ2v) is 4.45. The van der Waals surface area contributed by atoms with Gasteiger partial charge in [-0.25, -0.2) is 0 Å². The molecule has 1 aliphatic heterocycles. The second-order valence-electron chi connectivity index (χ2n) is 4.45. The Bertz CT molecular complexity index is 430. The minimum Gasteiger partial charge on any atom is -0.347 e. The lowest BCUT2D eigenvalue weighted by molar-refractivity contribution is -0.133. The summed E-state index contributed by atoms with van der Waals surface area (Å²) in [5, 5.41) is 5.83. The molecule has 102 valence electrons. The van der Waals surface area contributed by atoms with Crippen molar-refractivity contribution in [3.8, 4) is 0 Å². The lowest BCUT2D eigenvalue weighted by Gasteiger charge is -2.27. The van der Waals surface area contributed by atoms with Gasteiger partial charge in [-0.15, -0.1) is 0 Å². The molecule has 0 spiro atoms. The fourth-order valence-corrected chi connectivity index (χ4v) is 1.95. The van der Waals surface area contributed by atoms with Crippen LogP contribution < -0.4 is 10.6 Å². The lowest BCUT2D eigenvalue weighted by atomic mass is 10.2. The molecule has 0 bridgehead atoms. The van der Waals surface area contributed by atoms with E-state index in [0.29, 0.717) is 13.1 Å². The van der Waals surface area contributed by atoms with E-state index in [1.807, 2.05) is 6.07 Å². The van der Waals surface area contributed by atoms with E-state index >= 15 is 0 Å². The standard InChI is InChI=1S/C13H18N4O2/c18-12(8-11-2-1-3-15-9-11)16-10-13(19)17-6-4-14-5-7-17/h1-3,9,14H,4-8,10H2,(H,16,18). The second kappa shape index (κ2) is 6.84. The van der Waals surface area contributed by atoms with E-state index in [4.69, 9.17) is 0 Å². The molecule has 2 rings (SSSR count). The van der Waals surface area contributed by atoms with E-state index in [1.54, 1.807) is 23.4 Å². The molecule has 6 heteroatoms. The first-order valence-electron chi connectivity index (χ1n) is 6.40. The van der Waals surface area contributed by atoms with Crippen LogP contribution in [0.3, 0.4) is 0 Å². The molecule has 1 aromatic heterocycles. The van der Waals surface area contributed by atoms with E-state index in [1.165, 1.54) is 0 Å². The number of aromatic nitrogens is 1. The maximum atomic E-state index is 11.8. The molecule has 0 aliphatic carbocycles. The van der Waals surface area contributed by atoms with Gasteiger partial charge in [0.15, 0.2) is 0 Å². The maximum absolute atomic E-state index is 11.8. The predicted octanol–water partition coefficient (Wildman–Crippen LogP) is -0.828. The molecule has 0 aromatic carbocycles. The number of carbonyl (C=O) groups is 2. The third-order valence-corrected chi connectivity index (χ3v) is 2.99. The minimum atomic E-state index is -0.156. The molecule has 0 unspecified atom stereocenters. The fraction of sp³-hybridized carbons (Fsp3) is 0.462. The molecule has 0 radical (unpaired) electrons. The topological polar surface area (TPSA) is 74.3 Å². The van der Waals surface area contributed by atoms with Gasteiger partial charge in [0.25, 0.3) is 0 Å². The summed E-state index contributed by atoms with van der Waals surface area (Å²) >= 11 is 0. The highest BCUT2D eigenvalue weighted by molar-refractivity contribution is 5.85. The van der Waals surface area contributed by atoms with Gasteiger partial charge in [-0.1, -0.05) is 6.07 Å². The summed E-state index contributed by atoms with van der Waals surface area (Å²) in [6.07, 6.45) is 3.57. The van der Waals surface area contributed by atoms with Gasteiger partial charge < -0.3 is 15.5 Å². The van der Waals surface area contributed by atoms with Crippen molar-refractivity contribution >= 4 is 11.8 Å². The van der Waals surface area contributed by atoms with Crippen LogP contribution in [-0.2, 0) is 16.0 Å². The Morgan fingerprint density at radius 3 is 2.84 bits per heavy atom. The SMILES string of the molecule is O=C(Cc1cccnc1)NCC(=O)N1CCNCC1. The lowest BCUT2D eigenvalue weighted by Crippen LogP contribution is -2.49. The average Bonchev–Trinajstić information content (AvgIpc) is 2.47. The van der Waals surface area contributed by atoms with Crippen LogP contribution in [0.25, 0.3) is 0 Å². The molecule has 0 atom stereocenters.